The normalized spacial score (nSPS) is 13.2. The lowest BCUT2D eigenvalue weighted by molar-refractivity contribution is -0.116. The molecule has 1 atom stereocenters. The van der Waals surface area contributed by atoms with Crippen molar-refractivity contribution in [2.45, 2.75) is 25.8 Å². The molecule has 26 heavy (non-hydrogen) atoms. The van der Waals surface area contributed by atoms with Gasteiger partial charge in [-0.1, -0.05) is 36.4 Å². The van der Waals surface area contributed by atoms with E-state index in [0.29, 0.717) is 11.3 Å². The van der Waals surface area contributed by atoms with Crippen molar-refractivity contribution >= 4 is 28.1 Å². The number of aryl methyl sites for hydroxylation is 2. The summed E-state index contributed by atoms with van der Waals surface area (Å²) in [4.78, 5) is 12.6. The van der Waals surface area contributed by atoms with Gasteiger partial charge in [0, 0.05) is 11.1 Å². The van der Waals surface area contributed by atoms with Crippen molar-refractivity contribution in [2.75, 3.05) is 10.6 Å². The van der Waals surface area contributed by atoms with Gasteiger partial charge in [0.2, 0.25) is 5.91 Å². The molecule has 1 unspecified atom stereocenters. The summed E-state index contributed by atoms with van der Waals surface area (Å²) in [7, 11) is 0. The lowest BCUT2D eigenvalue weighted by atomic mass is 10.0. The van der Waals surface area contributed by atoms with Crippen LogP contribution in [0.2, 0.25) is 0 Å². The van der Waals surface area contributed by atoms with Crippen LogP contribution in [0.4, 0.5) is 11.4 Å². The summed E-state index contributed by atoms with van der Waals surface area (Å²) in [5.74, 6) is -0.170. The van der Waals surface area contributed by atoms with Gasteiger partial charge in [-0.05, 0) is 54.5 Å². The number of carbonyl (C=O) groups excluding carboxylic acids is 1. The van der Waals surface area contributed by atoms with Crippen molar-refractivity contribution in [3.05, 3.63) is 71.3 Å². The Morgan fingerprint density at radius 1 is 1.00 bits per heavy atom. The number of hydrogen-bond donors (Lipinski definition) is 2. The molecule has 3 aromatic rings. The van der Waals surface area contributed by atoms with E-state index in [4.69, 9.17) is 5.26 Å². The topological polar surface area (TPSA) is 64.9 Å². The molecule has 0 heterocycles. The molecule has 0 saturated carbocycles. The molecule has 1 aliphatic carbocycles. The Morgan fingerprint density at radius 2 is 1.77 bits per heavy atom. The molecule has 0 spiro atoms. The summed E-state index contributed by atoms with van der Waals surface area (Å²) in [6.07, 6.45) is 2.16. The van der Waals surface area contributed by atoms with Crippen molar-refractivity contribution in [3.63, 3.8) is 0 Å². The molecule has 0 aliphatic heterocycles. The third-order valence-electron chi connectivity index (χ3n) is 4.95. The Labute approximate surface area is 152 Å². The Kier molecular flexibility index (Phi) is 4.06. The molecule has 128 valence electrons. The van der Waals surface area contributed by atoms with E-state index in [0.717, 1.165) is 23.9 Å². The van der Waals surface area contributed by atoms with Crippen LogP contribution in [0.25, 0.3) is 10.8 Å². The molecule has 3 aromatic carbocycles. The fourth-order valence-electron chi connectivity index (χ4n) is 3.60. The summed E-state index contributed by atoms with van der Waals surface area (Å²) < 4.78 is 0. The van der Waals surface area contributed by atoms with E-state index < -0.39 is 6.04 Å². The van der Waals surface area contributed by atoms with E-state index in [-0.39, 0.29) is 5.91 Å². The number of nitrogens with zero attached hydrogens (tertiary/aromatic N) is 1. The molecule has 2 N–H and O–H groups in total. The lowest BCUT2D eigenvalue weighted by Crippen LogP contribution is -2.32. The van der Waals surface area contributed by atoms with Crippen LogP contribution < -0.4 is 10.6 Å². The highest BCUT2D eigenvalue weighted by molar-refractivity contribution is 6.02. The van der Waals surface area contributed by atoms with Gasteiger partial charge in [-0.15, -0.1) is 0 Å². The zero-order valence-corrected chi connectivity index (χ0v) is 14.5. The van der Waals surface area contributed by atoms with E-state index in [2.05, 4.69) is 47.0 Å². The molecule has 1 aliphatic rings. The number of carbonyl (C=O) groups is 1. The maximum atomic E-state index is 12.6. The van der Waals surface area contributed by atoms with Gasteiger partial charge in [0.25, 0.3) is 0 Å². The van der Waals surface area contributed by atoms with E-state index in [1.807, 2.05) is 6.92 Å². The van der Waals surface area contributed by atoms with E-state index in [1.54, 1.807) is 24.3 Å². The second-order valence-corrected chi connectivity index (χ2v) is 6.62. The highest BCUT2D eigenvalue weighted by Gasteiger charge is 2.19. The highest BCUT2D eigenvalue weighted by atomic mass is 16.2. The first-order valence-electron chi connectivity index (χ1n) is 8.77. The maximum absolute atomic E-state index is 12.6. The van der Waals surface area contributed by atoms with Gasteiger partial charge in [-0.2, -0.15) is 5.26 Å². The Bertz CT molecular complexity index is 1040. The number of hydrogen-bond acceptors (Lipinski definition) is 3. The summed E-state index contributed by atoms with van der Waals surface area (Å²) >= 11 is 0. The van der Waals surface area contributed by atoms with Gasteiger partial charge in [0.1, 0.15) is 12.1 Å². The molecule has 0 saturated heterocycles. The van der Waals surface area contributed by atoms with Gasteiger partial charge < -0.3 is 10.6 Å². The van der Waals surface area contributed by atoms with Crippen LogP contribution in [0.3, 0.4) is 0 Å². The first kappa shape index (κ1) is 16.2. The predicted octanol–water partition coefficient (Wildman–Crippen LogP) is 4.25. The van der Waals surface area contributed by atoms with Crippen LogP contribution in [0, 0.1) is 11.3 Å². The minimum Gasteiger partial charge on any atom is -0.373 e. The zero-order chi connectivity index (χ0) is 18.1. The van der Waals surface area contributed by atoms with E-state index in [1.165, 1.54) is 16.5 Å². The second-order valence-electron chi connectivity index (χ2n) is 6.62. The average molecular weight is 341 g/mol. The monoisotopic (exact) mass is 341 g/mol. The third-order valence-corrected chi connectivity index (χ3v) is 4.95. The predicted molar refractivity (Wildman–Crippen MR) is 104 cm³/mol. The smallest absolute Gasteiger partial charge is 0.246 e. The van der Waals surface area contributed by atoms with Gasteiger partial charge in [-0.3, -0.25) is 4.79 Å². The third kappa shape index (κ3) is 2.78. The lowest BCUT2D eigenvalue weighted by Gasteiger charge is -2.18. The standard InChI is InChI=1S/C22H19N3O/c1-14(22(26)25-19-8-3-2-5-17(19)13-23)24-20-12-11-16-10-9-15-6-4-7-18(20)21(15)16/h2-8,11-12,14,24H,9-10H2,1H3,(H,25,26). The van der Waals surface area contributed by atoms with Crippen LogP contribution in [0.15, 0.2) is 54.6 Å². The Hall–Kier alpha value is -3.32. The molecular formula is C22H19N3O. The van der Waals surface area contributed by atoms with Gasteiger partial charge in [0.15, 0.2) is 0 Å². The van der Waals surface area contributed by atoms with Crippen molar-refractivity contribution in [3.8, 4) is 6.07 Å². The van der Waals surface area contributed by atoms with Crippen molar-refractivity contribution in [1.82, 2.24) is 0 Å². The number of para-hydroxylation sites is 1. The fraction of sp³-hybridized carbons (Fsp3) is 0.182. The van der Waals surface area contributed by atoms with Crippen molar-refractivity contribution < 1.29 is 4.79 Å². The van der Waals surface area contributed by atoms with Gasteiger partial charge >= 0.3 is 0 Å². The number of anilines is 2. The fourth-order valence-corrected chi connectivity index (χ4v) is 3.60. The van der Waals surface area contributed by atoms with Crippen LogP contribution in [-0.4, -0.2) is 11.9 Å². The quantitative estimate of drug-likeness (QED) is 0.745. The largest absolute Gasteiger partial charge is 0.373 e. The molecular weight excluding hydrogens is 322 g/mol. The molecule has 0 radical (unpaired) electrons. The zero-order valence-electron chi connectivity index (χ0n) is 14.5. The van der Waals surface area contributed by atoms with Crippen LogP contribution in [0.5, 0.6) is 0 Å². The second kappa shape index (κ2) is 6.53. The molecule has 1 amide bonds. The molecule has 4 heteroatoms. The first-order valence-corrected chi connectivity index (χ1v) is 8.77. The summed E-state index contributed by atoms with van der Waals surface area (Å²) in [5.41, 5.74) is 4.71. The average Bonchev–Trinajstić information content (AvgIpc) is 3.09. The van der Waals surface area contributed by atoms with Gasteiger partial charge in [-0.25, -0.2) is 0 Å². The SMILES string of the molecule is CC(Nc1ccc2c3c(cccc13)CC2)C(=O)Nc1ccccc1C#N. The summed E-state index contributed by atoms with van der Waals surface area (Å²) in [5, 5.41) is 17.8. The molecule has 4 nitrogen and oxygen atoms in total. The van der Waals surface area contributed by atoms with Crippen LogP contribution in [0.1, 0.15) is 23.6 Å². The summed E-state index contributed by atoms with van der Waals surface area (Å²) in [6, 6.07) is 19.2. The Balaban J connectivity index is 1.57. The first-order chi connectivity index (χ1) is 12.7. The number of rotatable bonds is 4. The molecule has 0 fully saturated rings. The maximum Gasteiger partial charge on any atom is 0.246 e. The van der Waals surface area contributed by atoms with Gasteiger partial charge in [0.05, 0.1) is 11.3 Å². The minimum atomic E-state index is -0.430. The molecule has 4 rings (SSSR count). The number of benzene rings is 3. The van der Waals surface area contributed by atoms with Crippen molar-refractivity contribution in [2.24, 2.45) is 0 Å². The summed E-state index contributed by atoms with van der Waals surface area (Å²) in [6.45, 7) is 1.83. The van der Waals surface area contributed by atoms with E-state index in [9.17, 15) is 4.79 Å². The van der Waals surface area contributed by atoms with Crippen LogP contribution in [-0.2, 0) is 17.6 Å². The molecule has 0 aromatic heterocycles. The van der Waals surface area contributed by atoms with Crippen molar-refractivity contribution in [1.29, 1.82) is 5.26 Å². The molecule has 0 bridgehead atoms. The number of amides is 1. The highest BCUT2D eigenvalue weighted by Crippen LogP contribution is 2.35. The number of nitriles is 1. The van der Waals surface area contributed by atoms with E-state index >= 15 is 0 Å². The van der Waals surface area contributed by atoms with Crippen LogP contribution >= 0.6 is 0 Å². The minimum absolute atomic E-state index is 0.170. The Morgan fingerprint density at radius 3 is 2.58 bits per heavy atom. The number of nitrogens with one attached hydrogen (secondary N) is 2.